The van der Waals surface area contributed by atoms with Crippen molar-refractivity contribution in [3.8, 4) is 0 Å². The maximum Gasteiger partial charge on any atom is 0.336 e. The van der Waals surface area contributed by atoms with Gasteiger partial charge in [0.05, 0.1) is 25.4 Å². The van der Waals surface area contributed by atoms with Crippen LogP contribution in [0.3, 0.4) is 0 Å². The Labute approximate surface area is 245 Å². The molecule has 9 heteroatoms. The number of ether oxygens (including phenoxy) is 6. The quantitative estimate of drug-likeness (QED) is 0.269. The van der Waals surface area contributed by atoms with Gasteiger partial charge in [-0.3, -0.25) is 4.79 Å². The van der Waals surface area contributed by atoms with E-state index in [0.29, 0.717) is 0 Å². The summed E-state index contributed by atoms with van der Waals surface area (Å²) in [6, 6.07) is 27.8. The third-order valence-corrected chi connectivity index (χ3v) is 6.99. The molecule has 6 atom stereocenters. The summed E-state index contributed by atoms with van der Waals surface area (Å²) >= 11 is 0. The van der Waals surface area contributed by atoms with E-state index in [0.717, 1.165) is 16.7 Å². The number of nitrogens with one attached hydrogen (secondary N) is 1. The van der Waals surface area contributed by atoms with Crippen LogP contribution in [0.15, 0.2) is 103 Å². The molecule has 2 heterocycles. The third-order valence-electron chi connectivity index (χ3n) is 6.99. The summed E-state index contributed by atoms with van der Waals surface area (Å²) in [6.45, 7) is 5.72. The lowest BCUT2D eigenvalue weighted by molar-refractivity contribution is -0.349. The van der Waals surface area contributed by atoms with Crippen LogP contribution < -0.4 is 5.32 Å². The van der Waals surface area contributed by atoms with E-state index in [2.05, 4.69) is 11.9 Å². The van der Waals surface area contributed by atoms with Crippen molar-refractivity contribution in [1.29, 1.82) is 0 Å². The standard InChI is InChI=1S/C33H35NO8/c1-22(31(36)38-19-24-12-6-3-7-13-24)18-37-30-28(34-23(2)35)33(39-20-25-14-8-4-9-15-25)41-27-21-40-32(42-29(27)30)26-16-10-5-11-17-26/h3-17,27-30,32-33H,1,18-21H2,2H3,(H,34,35)/t27-,28+,29-,30-,32-,33-/m1/s1. The summed E-state index contributed by atoms with van der Waals surface area (Å²) < 4.78 is 36.6. The minimum atomic E-state index is -0.876. The summed E-state index contributed by atoms with van der Waals surface area (Å²) in [4.78, 5) is 25.1. The number of carbonyl (C=O) groups is 2. The minimum Gasteiger partial charge on any atom is -0.457 e. The smallest absolute Gasteiger partial charge is 0.336 e. The molecule has 0 aromatic heterocycles. The lowest BCUT2D eigenvalue weighted by atomic mass is 9.95. The van der Waals surface area contributed by atoms with Gasteiger partial charge in [0.15, 0.2) is 12.6 Å². The van der Waals surface area contributed by atoms with Crippen molar-refractivity contribution in [1.82, 2.24) is 5.32 Å². The van der Waals surface area contributed by atoms with Crippen LogP contribution >= 0.6 is 0 Å². The number of benzene rings is 3. The molecule has 0 aliphatic carbocycles. The third kappa shape index (κ3) is 7.70. The number of hydrogen-bond acceptors (Lipinski definition) is 8. The van der Waals surface area contributed by atoms with Gasteiger partial charge in [-0.1, -0.05) is 97.6 Å². The molecule has 2 fully saturated rings. The van der Waals surface area contributed by atoms with Crippen LogP contribution in [0.4, 0.5) is 0 Å². The summed E-state index contributed by atoms with van der Waals surface area (Å²) in [7, 11) is 0. The van der Waals surface area contributed by atoms with Crippen LogP contribution in [0.2, 0.25) is 0 Å². The highest BCUT2D eigenvalue weighted by molar-refractivity contribution is 5.87. The van der Waals surface area contributed by atoms with Crippen LogP contribution in [0.5, 0.6) is 0 Å². The van der Waals surface area contributed by atoms with Crippen molar-refractivity contribution in [2.45, 2.75) is 57.1 Å². The molecule has 220 valence electrons. The Morgan fingerprint density at radius 1 is 0.857 bits per heavy atom. The van der Waals surface area contributed by atoms with E-state index in [1.54, 1.807) is 0 Å². The van der Waals surface area contributed by atoms with Gasteiger partial charge in [-0.25, -0.2) is 4.79 Å². The predicted octanol–water partition coefficient (Wildman–Crippen LogP) is 4.23. The second-order valence-corrected chi connectivity index (χ2v) is 10.2. The lowest BCUT2D eigenvalue weighted by Crippen LogP contribution is -2.67. The monoisotopic (exact) mass is 573 g/mol. The zero-order chi connectivity index (χ0) is 29.3. The Balaban J connectivity index is 1.33. The molecule has 0 bridgehead atoms. The number of amides is 1. The van der Waals surface area contributed by atoms with Crippen molar-refractivity contribution in [2.75, 3.05) is 13.2 Å². The van der Waals surface area contributed by atoms with E-state index < -0.39 is 42.9 Å². The van der Waals surface area contributed by atoms with Crippen LogP contribution in [-0.2, 0) is 51.2 Å². The fraction of sp³-hybridized carbons (Fsp3) is 0.333. The Kier molecular flexibility index (Phi) is 10.1. The van der Waals surface area contributed by atoms with Crippen molar-refractivity contribution < 1.29 is 38.0 Å². The molecule has 3 aromatic carbocycles. The number of rotatable bonds is 11. The average Bonchev–Trinajstić information content (AvgIpc) is 3.03. The van der Waals surface area contributed by atoms with E-state index >= 15 is 0 Å². The molecule has 1 amide bonds. The minimum absolute atomic E-state index is 0.115. The highest BCUT2D eigenvalue weighted by atomic mass is 16.7. The molecular weight excluding hydrogens is 538 g/mol. The Morgan fingerprint density at radius 3 is 2.12 bits per heavy atom. The van der Waals surface area contributed by atoms with Crippen molar-refractivity contribution >= 4 is 11.9 Å². The molecule has 0 spiro atoms. The fourth-order valence-electron chi connectivity index (χ4n) is 4.91. The predicted molar refractivity (Wildman–Crippen MR) is 153 cm³/mol. The van der Waals surface area contributed by atoms with Gasteiger partial charge in [-0.05, 0) is 11.1 Å². The molecule has 42 heavy (non-hydrogen) atoms. The van der Waals surface area contributed by atoms with Gasteiger partial charge in [-0.15, -0.1) is 0 Å². The first-order chi connectivity index (χ1) is 20.5. The first-order valence-electron chi connectivity index (χ1n) is 13.9. The molecule has 0 radical (unpaired) electrons. The molecule has 0 saturated carbocycles. The van der Waals surface area contributed by atoms with Crippen LogP contribution in [-0.4, -0.2) is 55.7 Å². The van der Waals surface area contributed by atoms with E-state index in [1.807, 2.05) is 91.0 Å². The Bertz CT molecular complexity index is 1320. The molecular formula is C33H35NO8. The average molecular weight is 574 g/mol. The molecule has 3 aromatic rings. The van der Waals surface area contributed by atoms with Gasteiger partial charge in [-0.2, -0.15) is 0 Å². The number of fused-ring (bicyclic) bond motifs is 1. The molecule has 1 N–H and O–H groups in total. The van der Waals surface area contributed by atoms with E-state index in [9.17, 15) is 9.59 Å². The fourth-order valence-corrected chi connectivity index (χ4v) is 4.91. The largest absolute Gasteiger partial charge is 0.457 e. The second-order valence-electron chi connectivity index (χ2n) is 10.2. The van der Waals surface area contributed by atoms with Gasteiger partial charge in [0.25, 0.3) is 0 Å². The Morgan fingerprint density at radius 2 is 1.48 bits per heavy atom. The maximum absolute atomic E-state index is 12.7. The topological polar surface area (TPSA) is 102 Å². The van der Waals surface area contributed by atoms with Crippen LogP contribution in [0.25, 0.3) is 0 Å². The van der Waals surface area contributed by atoms with Crippen molar-refractivity contribution in [3.63, 3.8) is 0 Å². The summed E-state index contributed by atoms with van der Waals surface area (Å²) in [5.74, 6) is -0.873. The second kappa shape index (κ2) is 14.4. The van der Waals surface area contributed by atoms with Gasteiger partial charge in [0.2, 0.25) is 5.91 Å². The lowest BCUT2D eigenvalue weighted by Gasteiger charge is -2.49. The molecule has 0 unspecified atom stereocenters. The maximum atomic E-state index is 12.7. The van der Waals surface area contributed by atoms with Gasteiger partial charge in [0.1, 0.15) is 31.0 Å². The number of esters is 1. The zero-order valence-electron chi connectivity index (χ0n) is 23.4. The Hall–Kier alpha value is -3.86. The first kappa shape index (κ1) is 29.6. The summed E-state index contributed by atoms with van der Waals surface area (Å²) in [5, 5.41) is 2.92. The zero-order valence-corrected chi connectivity index (χ0v) is 23.4. The molecule has 9 nitrogen and oxygen atoms in total. The summed E-state index contributed by atoms with van der Waals surface area (Å²) in [6.07, 6.45) is -3.51. The molecule has 5 rings (SSSR count). The SMILES string of the molecule is C=C(CO[C@@H]1[C@H](NC(C)=O)[C@H](OCc2ccccc2)O[C@@H]2CO[C@@H](c3ccccc3)O[C@@H]12)C(=O)OCc1ccccc1. The highest BCUT2D eigenvalue weighted by Crippen LogP contribution is 2.36. The van der Waals surface area contributed by atoms with Gasteiger partial charge < -0.3 is 33.7 Å². The van der Waals surface area contributed by atoms with E-state index in [-0.39, 0.29) is 37.9 Å². The van der Waals surface area contributed by atoms with Crippen LogP contribution in [0.1, 0.15) is 29.9 Å². The number of carbonyl (C=O) groups excluding carboxylic acids is 2. The summed E-state index contributed by atoms with van der Waals surface area (Å²) in [5.41, 5.74) is 2.77. The molecule has 2 aliphatic rings. The van der Waals surface area contributed by atoms with Crippen molar-refractivity contribution in [3.05, 3.63) is 120 Å². The van der Waals surface area contributed by atoms with E-state index in [1.165, 1.54) is 6.92 Å². The van der Waals surface area contributed by atoms with Crippen LogP contribution in [0, 0.1) is 0 Å². The first-order valence-corrected chi connectivity index (χ1v) is 13.9. The normalized spacial score (nSPS) is 25.2. The highest BCUT2D eigenvalue weighted by Gasteiger charge is 2.51. The van der Waals surface area contributed by atoms with Gasteiger partial charge >= 0.3 is 5.97 Å². The van der Waals surface area contributed by atoms with E-state index in [4.69, 9.17) is 28.4 Å². The van der Waals surface area contributed by atoms with Crippen molar-refractivity contribution in [2.24, 2.45) is 0 Å². The van der Waals surface area contributed by atoms with Gasteiger partial charge in [0, 0.05) is 12.5 Å². The molecule has 2 saturated heterocycles. The molecule has 2 aliphatic heterocycles. The number of hydrogen-bond donors (Lipinski definition) is 1.